The Labute approximate surface area is 62.1 Å². The SMILES string of the molecule is CC([CH2][Al])[Si](C)(C)C. The van der Waals surface area contributed by atoms with Crippen LogP contribution in [0.2, 0.25) is 30.5 Å². The van der Waals surface area contributed by atoms with E-state index in [1.54, 1.807) is 0 Å². The Balaban J connectivity index is 3.62. The summed E-state index contributed by atoms with van der Waals surface area (Å²) in [5.74, 6) is 0. The molecule has 0 heterocycles. The van der Waals surface area contributed by atoms with Crippen LogP contribution in [0, 0.1) is 0 Å². The number of hydrogen-bond acceptors (Lipinski definition) is 0. The Kier molecular flexibility index (Phi) is 3.34. The van der Waals surface area contributed by atoms with Crippen molar-refractivity contribution < 1.29 is 0 Å². The molecule has 0 bridgehead atoms. The molecule has 0 nitrogen and oxygen atoms in total. The Morgan fingerprint density at radius 1 is 1.38 bits per heavy atom. The second-order valence-corrected chi connectivity index (χ2v) is 9.69. The Morgan fingerprint density at radius 3 is 1.75 bits per heavy atom. The van der Waals surface area contributed by atoms with Crippen LogP contribution < -0.4 is 0 Å². The van der Waals surface area contributed by atoms with Gasteiger partial charge in [-0.15, -0.1) is 5.28 Å². The molecule has 0 aliphatic rings. The van der Waals surface area contributed by atoms with Gasteiger partial charge in [0.25, 0.3) is 0 Å². The van der Waals surface area contributed by atoms with Crippen LogP contribution in [-0.2, 0) is 0 Å². The normalized spacial score (nSPS) is 16.0. The second kappa shape index (κ2) is 3.06. The zero-order valence-corrected chi connectivity index (χ0v) is 8.52. The maximum Gasteiger partial charge on any atom is 0.118 e. The van der Waals surface area contributed by atoms with Crippen LogP contribution in [-0.4, -0.2) is 24.4 Å². The molecule has 1 atom stereocenters. The lowest BCUT2D eigenvalue weighted by molar-refractivity contribution is 1.01. The van der Waals surface area contributed by atoms with Crippen molar-refractivity contribution in [1.82, 2.24) is 0 Å². The summed E-state index contributed by atoms with van der Waals surface area (Å²) in [7, 11) is -0.781. The quantitative estimate of drug-likeness (QED) is 0.519. The van der Waals surface area contributed by atoms with Crippen molar-refractivity contribution in [2.75, 3.05) is 0 Å². The van der Waals surface area contributed by atoms with Gasteiger partial charge in [0.2, 0.25) is 0 Å². The molecule has 46 valence electrons. The molecule has 0 aliphatic carbocycles. The first-order valence-corrected chi connectivity index (χ1v) is 7.58. The fourth-order valence-corrected chi connectivity index (χ4v) is 3.18. The summed E-state index contributed by atoms with van der Waals surface area (Å²) >= 11 is 2.82. The highest BCUT2D eigenvalue weighted by molar-refractivity contribution is 6.77. The van der Waals surface area contributed by atoms with Crippen LogP contribution in [0.25, 0.3) is 0 Å². The maximum absolute atomic E-state index is 2.82. The first-order chi connectivity index (χ1) is 3.48. The van der Waals surface area contributed by atoms with Crippen LogP contribution in [0.3, 0.4) is 0 Å². The van der Waals surface area contributed by atoms with Gasteiger partial charge >= 0.3 is 0 Å². The van der Waals surface area contributed by atoms with Crippen molar-refractivity contribution in [3.05, 3.63) is 0 Å². The summed E-state index contributed by atoms with van der Waals surface area (Å²) in [4.78, 5) is 0. The molecule has 2 heteroatoms. The summed E-state index contributed by atoms with van der Waals surface area (Å²) in [6.45, 7) is 9.60. The molecular weight excluding hydrogens is 127 g/mol. The van der Waals surface area contributed by atoms with Crippen molar-refractivity contribution in [1.29, 1.82) is 0 Å². The summed E-state index contributed by atoms with van der Waals surface area (Å²) < 4.78 is 0. The minimum absolute atomic E-state index is 0.781. The van der Waals surface area contributed by atoms with E-state index in [1.807, 2.05) is 0 Å². The Hall–Kier alpha value is 0.749. The van der Waals surface area contributed by atoms with Gasteiger partial charge in [0, 0.05) is 8.07 Å². The van der Waals surface area contributed by atoms with E-state index < -0.39 is 8.07 Å². The summed E-state index contributed by atoms with van der Waals surface area (Å²) in [5.41, 5.74) is 0.951. The molecule has 0 saturated heterocycles. The van der Waals surface area contributed by atoms with E-state index in [1.165, 1.54) is 5.28 Å². The molecule has 0 fully saturated rings. The van der Waals surface area contributed by atoms with E-state index in [2.05, 4.69) is 42.9 Å². The van der Waals surface area contributed by atoms with E-state index >= 15 is 0 Å². The molecule has 0 spiro atoms. The molecule has 0 aliphatic heterocycles. The molecule has 0 aromatic rings. The van der Waals surface area contributed by atoms with E-state index in [0.29, 0.717) is 0 Å². The molecule has 0 aromatic carbocycles. The first-order valence-electron chi connectivity index (χ1n) is 3.18. The molecule has 1 unspecified atom stereocenters. The lowest BCUT2D eigenvalue weighted by Gasteiger charge is -2.23. The predicted octanol–water partition coefficient (Wildman–Crippen LogP) is 2.30. The van der Waals surface area contributed by atoms with Gasteiger partial charge in [-0.3, -0.25) is 0 Å². The third kappa shape index (κ3) is 2.91. The van der Waals surface area contributed by atoms with Crippen LogP contribution in [0.5, 0.6) is 0 Å². The van der Waals surface area contributed by atoms with Crippen LogP contribution in [0.15, 0.2) is 0 Å². The van der Waals surface area contributed by atoms with Crippen molar-refractivity contribution >= 4 is 24.4 Å². The van der Waals surface area contributed by atoms with E-state index in [-0.39, 0.29) is 0 Å². The molecule has 0 saturated carbocycles. The zero-order chi connectivity index (χ0) is 6.78. The highest BCUT2D eigenvalue weighted by Gasteiger charge is 2.18. The average Bonchev–Trinajstić information content (AvgIpc) is 1.62. The maximum atomic E-state index is 2.82. The fraction of sp³-hybridized carbons (Fsp3) is 1.00. The van der Waals surface area contributed by atoms with Gasteiger partial charge in [-0.2, -0.15) is 0 Å². The summed E-state index contributed by atoms with van der Waals surface area (Å²) in [6, 6.07) is 0. The van der Waals surface area contributed by atoms with E-state index in [0.717, 1.165) is 5.54 Å². The molecule has 8 heavy (non-hydrogen) atoms. The van der Waals surface area contributed by atoms with Gasteiger partial charge < -0.3 is 0 Å². The number of rotatable bonds is 2. The lowest BCUT2D eigenvalue weighted by Crippen LogP contribution is -2.25. The topological polar surface area (TPSA) is 0 Å². The van der Waals surface area contributed by atoms with E-state index in [9.17, 15) is 0 Å². The molecular formula is C6H15AlSi. The summed E-state index contributed by atoms with van der Waals surface area (Å²) in [6.07, 6.45) is 0. The molecule has 2 radical (unpaired) electrons. The van der Waals surface area contributed by atoms with Gasteiger partial charge in [0.1, 0.15) is 16.3 Å². The van der Waals surface area contributed by atoms with Gasteiger partial charge in [-0.1, -0.05) is 32.1 Å². The largest absolute Gasteiger partial charge is 0.118 e. The summed E-state index contributed by atoms with van der Waals surface area (Å²) in [5, 5.41) is 1.27. The minimum Gasteiger partial charge on any atom is -0.118 e. The molecule has 0 N–H and O–H groups in total. The monoisotopic (exact) mass is 142 g/mol. The van der Waals surface area contributed by atoms with Crippen molar-refractivity contribution in [3.63, 3.8) is 0 Å². The van der Waals surface area contributed by atoms with Crippen LogP contribution in [0.4, 0.5) is 0 Å². The molecule has 0 amide bonds. The second-order valence-electron chi connectivity index (χ2n) is 3.50. The highest BCUT2D eigenvalue weighted by Crippen LogP contribution is 2.22. The van der Waals surface area contributed by atoms with E-state index in [4.69, 9.17) is 0 Å². The zero-order valence-electron chi connectivity index (χ0n) is 6.36. The predicted molar refractivity (Wildman–Crippen MR) is 43.3 cm³/mol. The first kappa shape index (κ1) is 8.75. The molecule has 0 aromatic heterocycles. The average molecular weight is 142 g/mol. The molecule has 0 rings (SSSR count). The van der Waals surface area contributed by atoms with Crippen LogP contribution in [0.1, 0.15) is 6.92 Å². The lowest BCUT2D eigenvalue weighted by atomic mass is 10.5. The standard InChI is InChI=1S/C6H15Si.Al/c1-6(2)7(3,4)5;/h6H,1H2,2-5H3;. The number of hydrogen-bond donors (Lipinski definition) is 0. The van der Waals surface area contributed by atoms with Gasteiger partial charge in [-0.25, -0.2) is 0 Å². The smallest absolute Gasteiger partial charge is 0.118 e. The van der Waals surface area contributed by atoms with Gasteiger partial charge in [0.15, 0.2) is 0 Å². The Bertz CT molecular complexity index is 65.4. The van der Waals surface area contributed by atoms with Crippen LogP contribution >= 0.6 is 0 Å². The third-order valence-electron chi connectivity index (χ3n) is 1.83. The van der Waals surface area contributed by atoms with Crippen molar-refractivity contribution in [3.8, 4) is 0 Å². The third-order valence-corrected chi connectivity index (χ3v) is 6.20. The highest BCUT2D eigenvalue weighted by atomic mass is 28.3. The fourth-order valence-electron chi connectivity index (χ4n) is 0.354. The van der Waals surface area contributed by atoms with Gasteiger partial charge in [0.05, 0.1) is 0 Å². The Morgan fingerprint density at radius 2 is 1.75 bits per heavy atom. The van der Waals surface area contributed by atoms with Gasteiger partial charge in [-0.05, 0) is 0 Å². The van der Waals surface area contributed by atoms with Crippen molar-refractivity contribution in [2.45, 2.75) is 37.4 Å². The minimum atomic E-state index is -0.781. The van der Waals surface area contributed by atoms with Crippen molar-refractivity contribution in [2.24, 2.45) is 0 Å².